The molecule has 0 fully saturated rings. The number of nitrogens with one attached hydrogen (secondary N) is 1. The Morgan fingerprint density at radius 1 is 0.967 bits per heavy atom. The van der Waals surface area contributed by atoms with Gasteiger partial charge in [-0.1, -0.05) is 60.7 Å². The molecule has 0 bridgehead atoms. The van der Waals surface area contributed by atoms with Gasteiger partial charge in [0.05, 0.1) is 29.2 Å². The van der Waals surface area contributed by atoms with Gasteiger partial charge < -0.3 is 10.1 Å². The number of hydrogen-bond acceptors (Lipinski definition) is 4. The molecule has 0 saturated carbocycles. The third-order valence-corrected chi connectivity index (χ3v) is 4.99. The first kappa shape index (κ1) is 17.7. The van der Waals surface area contributed by atoms with Crippen molar-refractivity contribution in [3.63, 3.8) is 0 Å². The van der Waals surface area contributed by atoms with Crippen LogP contribution in [0.3, 0.4) is 0 Å². The standard InChI is InChI=1S/C24H17N5O/c25-14-17-11-12-19-20(13-17)27-24(26-19)21-23(30)22(18-9-5-2-6-10-18)29(28-21)15-16-7-3-1-4-8-16/h1-13,30H,15H2,(H,26,27). The van der Waals surface area contributed by atoms with E-state index in [1.807, 2.05) is 60.7 Å². The van der Waals surface area contributed by atoms with E-state index < -0.39 is 0 Å². The predicted octanol–water partition coefficient (Wildman–Crippen LogP) is 4.72. The van der Waals surface area contributed by atoms with Crippen molar-refractivity contribution in [2.75, 3.05) is 0 Å². The van der Waals surface area contributed by atoms with Crippen molar-refractivity contribution in [2.45, 2.75) is 6.54 Å². The first-order chi connectivity index (χ1) is 14.7. The second-order valence-electron chi connectivity index (χ2n) is 6.98. The molecule has 6 heteroatoms. The SMILES string of the molecule is N#Cc1ccc2nc(-c3nn(Cc4ccccc4)c(-c4ccccc4)c3O)[nH]c2c1. The van der Waals surface area contributed by atoms with Gasteiger partial charge in [-0.3, -0.25) is 4.68 Å². The van der Waals surface area contributed by atoms with Gasteiger partial charge in [-0.15, -0.1) is 0 Å². The van der Waals surface area contributed by atoms with E-state index in [2.05, 4.69) is 16.0 Å². The lowest BCUT2D eigenvalue weighted by Gasteiger charge is -2.08. The van der Waals surface area contributed by atoms with Gasteiger partial charge >= 0.3 is 0 Å². The highest BCUT2D eigenvalue weighted by Gasteiger charge is 2.22. The maximum Gasteiger partial charge on any atom is 0.173 e. The normalized spacial score (nSPS) is 10.9. The molecular formula is C24H17N5O. The molecule has 0 saturated heterocycles. The highest BCUT2D eigenvalue weighted by molar-refractivity contribution is 5.83. The zero-order valence-corrected chi connectivity index (χ0v) is 15.9. The molecule has 3 aromatic carbocycles. The molecule has 0 aliphatic carbocycles. The predicted molar refractivity (Wildman–Crippen MR) is 115 cm³/mol. The number of nitriles is 1. The summed E-state index contributed by atoms with van der Waals surface area (Å²) in [5.41, 5.74) is 4.93. The van der Waals surface area contributed by atoms with E-state index in [4.69, 9.17) is 10.4 Å². The molecule has 2 aromatic heterocycles. The summed E-state index contributed by atoms with van der Waals surface area (Å²) in [4.78, 5) is 7.76. The smallest absolute Gasteiger partial charge is 0.173 e. The number of rotatable bonds is 4. The lowest BCUT2D eigenvalue weighted by atomic mass is 10.1. The van der Waals surface area contributed by atoms with Crippen LogP contribution in [-0.4, -0.2) is 24.9 Å². The van der Waals surface area contributed by atoms with Crippen LogP contribution in [0.5, 0.6) is 5.75 Å². The van der Waals surface area contributed by atoms with E-state index in [0.29, 0.717) is 34.8 Å². The summed E-state index contributed by atoms with van der Waals surface area (Å²) in [6, 6.07) is 27.0. The number of hydrogen-bond donors (Lipinski definition) is 2. The Kier molecular flexibility index (Phi) is 4.26. The van der Waals surface area contributed by atoms with Gasteiger partial charge in [0.25, 0.3) is 0 Å². The molecular weight excluding hydrogens is 374 g/mol. The second kappa shape index (κ2) is 7.22. The Balaban J connectivity index is 1.67. The number of imidazole rings is 1. The van der Waals surface area contributed by atoms with Crippen LogP contribution in [0, 0.1) is 11.3 Å². The second-order valence-corrected chi connectivity index (χ2v) is 6.98. The summed E-state index contributed by atoms with van der Waals surface area (Å²) in [5.74, 6) is 0.526. The van der Waals surface area contributed by atoms with Crippen molar-refractivity contribution in [3.05, 3.63) is 90.0 Å². The summed E-state index contributed by atoms with van der Waals surface area (Å²) in [7, 11) is 0. The molecule has 30 heavy (non-hydrogen) atoms. The van der Waals surface area contributed by atoms with Crippen LogP contribution >= 0.6 is 0 Å². The van der Waals surface area contributed by atoms with Crippen molar-refractivity contribution in [2.24, 2.45) is 0 Å². The molecule has 0 aliphatic rings. The topological polar surface area (TPSA) is 90.5 Å². The van der Waals surface area contributed by atoms with Crippen LogP contribution in [0.15, 0.2) is 78.9 Å². The fourth-order valence-electron chi connectivity index (χ4n) is 3.56. The van der Waals surface area contributed by atoms with Crippen molar-refractivity contribution in [3.8, 4) is 34.6 Å². The van der Waals surface area contributed by atoms with Crippen LogP contribution in [0.25, 0.3) is 33.8 Å². The number of nitrogens with zero attached hydrogens (tertiary/aromatic N) is 4. The minimum Gasteiger partial charge on any atom is -0.504 e. The molecule has 0 aliphatic heterocycles. The molecule has 0 atom stereocenters. The van der Waals surface area contributed by atoms with E-state index in [1.54, 1.807) is 22.9 Å². The summed E-state index contributed by atoms with van der Waals surface area (Å²) >= 11 is 0. The zero-order valence-electron chi connectivity index (χ0n) is 15.9. The van der Waals surface area contributed by atoms with Crippen molar-refractivity contribution < 1.29 is 5.11 Å². The van der Waals surface area contributed by atoms with Crippen LogP contribution in [0.2, 0.25) is 0 Å². The highest BCUT2D eigenvalue weighted by atomic mass is 16.3. The fourth-order valence-corrected chi connectivity index (χ4v) is 3.56. The Hall–Kier alpha value is -4.37. The van der Waals surface area contributed by atoms with E-state index in [-0.39, 0.29) is 5.75 Å². The minimum absolute atomic E-state index is 0.0664. The molecule has 2 heterocycles. The van der Waals surface area contributed by atoms with E-state index in [0.717, 1.165) is 16.6 Å². The van der Waals surface area contributed by atoms with Gasteiger partial charge in [-0.25, -0.2) is 4.98 Å². The Labute approximate surface area is 172 Å². The molecule has 5 rings (SSSR count). The molecule has 5 aromatic rings. The summed E-state index contributed by atoms with van der Waals surface area (Å²) in [6.45, 7) is 0.511. The summed E-state index contributed by atoms with van der Waals surface area (Å²) in [5, 5.41) is 25.0. The van der Waals surface area contributed by atoms with Gasteiger partial charge in [-0.05, 0) is 23.8 Å². The first-order valence-electron chi connectivity index (χ1n) is 9.52. The average Bonchev–Trinajstić information content (AvgIpc) is 3.35. The maximum absolute atomic E-state index is 11.1. The van der Waals surface area contributed by atoms with E-state index >= 15 is 0 Å². The molecule has 0 amide bonds. The average molecular weight is 391 g/mol. The number of aromatic hydroxyl groups is 1. The van der Waals surface area contributed by atoms with Gasteiger partial charge in [0.1, 0.15) is 5.69 Å². The van der Waals surface area contributed by atoms with E-state index in [1.165, 1.54) is 0 Å². The first-order valence-corrected chi connectivity index (χ1v) is 9.52. The van der Waals surface area contributed by atoms with Gasteiger partial charge in [0.15, 0.2) is 17.3 Å². The molecule has 0 radical (unpaired) electrons. The van der Waals surface area contributed by atoms with Gasteiger partial charge in [-0.2, -0.15) is 10.4 Å². The number of aromatic amines is 1. The minimum atomic E-state index is 0.0664. The van der Waals surface area contributed by atoms with Crippen LogP contribution in [0.1, 0.15) is 11.1 Å². The third kappa shape index (κ3) is 3.09. The Morgan fingerprint density at radius 3 is 2.43 bits per heavy atom. The number of benzene rings is 3. The van der Waals surface area contributed by atoms with Crippen LogP contribution in [0.4, 0.5) is 0 Å². The largest absolute Gasteiger partial charge is 0.504 e. The number of fused-ring (bicyclic) bond motifs is 1. The van der Waals surface area contributed by atoms with Crippen molar-refractivity contribution >= 4 is 11.0 Å². The van der Waals surface area contributed by atoms with Crippen LogP contribution < -0.4 is 0 Å². The maximum atomic E-state index is 11.1. The lowest BCUT2D eigenvalue weighted by molar-refractivity contribution is 0.478. The zero-order chi connectivity index (χ0) is 20.5. The molecule has 0 spiro atoms. The summed E-state index contributed by atoms with van der Waals surface area (Å²) < 4.78 is 1.79. The van der Waals surface area contributed by atoms with Crippen LogP contribution in [-0.2, 0) is 6.54 Å². The Morgan fingerprint density at radius 2 is 1.70 bits per heavy atom. The quantitative estimate of drug-likeness (QED) is 0.464. The van der Waals surface area contributed by atoms with Gasteiger partial charge in [0, 0.05) is 5.56 Å². The number of aromatic nitrogens is 4. The van der Waals surface area contributed by atoms with Crippen molar-refractivity contribution in [1.82, 2.24) is 19.7 Å². The van der Waals surface area contributed by atoms with Crippen molar-refractivity contribution in [1.29, 1.82) is 5.26 Å². The molecule has 6 nitrogen and oxygen atoms in total. The monoisotopic (exact) mass is 391 g/mol. The molecule has 2 N–H and O–H groups in total. The fraction of sp³-hybridized carbons (Fsp3) is 0.0417. The highest BCUT2D eigenvalue weighted by Crippen LogP contribution is 2.37. The number of H-pyrrole nitrogens is 1. The van der Waals surface area contributed by atoms with E-state index in [9.17, 15) is 5.11 Å². The lowest BCUT2D eigenvalue weighted by Crippen LogP contribution is -2.04. The summed E-state index contributed by atoms with van der Waals surface area (Å²) in [6.07, 6.45) is 0. The molecule has 0 unspecified atom stereocenters. The van der Waals surface area contributed by atoms with Gasteiger partial charge in [0.2, 0.25) is 0 Å². The Bertz CT molecular complexity index is 1380. The molecule has 144 valence electrons. The third-order valence-electron chi connectivity index (χ3n) is 4.99.